The van der Waals surface area contributed by atoms with Crippen LogP contribution in [0.3, 0.4) is 0 Å². The number of piperazine rings is 1. The molecule has 0 N–H and O–H groups in total. The van der Waals surface area contributed by atoms with Gasteiger partial charge in [-0.1, -0.05) is 0 Å². The van der Waals surface area contributed by atoms with Crippen molar-refractivity contribution in [3.05, 3.63) is 10.8 Å². The Kier molecular flexibility index (Phi) is 6.94. The zero-order chi connectivity index (χ0) is 19.3. The molecule has 1 aliphatic heterocycles. The molecule has 0 atom stereocenters. The zero-order valence-electron chi connectivity index (χ0n) is 16.1. The number of carbonyl (C=O) groups excluding carboxylic acids is 1. The lowest BCUT2D eigenvalue weighted by Gasteiger charge is -2.36. The molecule has 0 saturated carbocycles. The van der Waals surface area contributed by atoms with Crippen LogP contribution < -0.4 is 4.90 Å². The molecular formula is C17H27BrN6O2. The third kappa shape index (κ3) is 6.21. The number of aromatic nitrogens is 2. The number of amides is 1. The third-order valence-corrected chi connectivity index (χ3v) is 3.98. The minimum atomic E-state index is -0.486. The van der Waals surface area contributed by atoms with Crippen LogP contribution in [0.1, 0.15) is 20.8 Å². The summed E-state index contributed by atoms with van der Waals surface area (Å²) in [6.45, 7) is 8.81. The summed E-state index contributed by atoms with van der Waals surface area (Å²) >= 11 is 3.35. The number of carbonyl (C=O) groups is 1. The smallest absolute Gasteiger partial charge is 0.410 e. The predicted octanol–water partition coefficient (Wildman–Crippen LogP) is 2.56. The lowest BCUT2D eigenvalue weighted by atomic mass is 10.2. The summed E-state index contributed by atoms with van der Waals surface area (Å²) in [4.78, 5) is 31.4. The number of hydrogen-bond donors (Lipinski definition) is 0. The van der Waals surface area contributed by atoms with Crippen molar-refractivity contribution >= 4 is 39.9 Å². The van der Waals surface area contributed by atoms with E-state index in [9.17, 15) is 4.79 Å². The van der Waals surface area contributed by atoms with Crippen LogP contribution in [0.15, 0.2) is 15.8 Å². The van der Waals surface area contributed by atoms with Crippen LogP contribution in [-0.2, 0) is 4.74 Å². The van der Waals surface area contributed by atoms with Gasteiger partial charge in [-0.3, -0.25) is 0 Å². The van der Waals surface area contributed by atoms with Crippen molar-refractivity contribution in [3.63, 3.8) is 0 Å². The molecule has 2 heterocycles. The van der Waals surface area contributed by atoms with Crippen LogP contribution >= 0.6 is 15.9 Å². The molecule has 0 spiro atoms. The number of hydrogen-bond acceptors (Lipinski definition) is 7. The van der Waals surface area contributed by atoms with Crippen molar-refractivity contribution in [1.82, 2.24) is 19.8 Å². The standard InChI is InChI=1S/C17H27BrN6O2/c1-17(2,3)26-16(25)24-10-8-23(9-11-24)15-14(19-6-7-22(4)5)21-13(18)12-20-15/h6,12H,7-11H2,1-5H3. The first-order valence-electron chi connectivity index (χ1n) is 8.58. The molecule has 0 bridgehead atoms. The maximum atomic E-state index is 12.2. The molecule has 26 heavy (non-hydrogen) atoms. The van der Waals surface area contributed by atoms with E-state index in [1.807, 2.05) is 46.0 Å². The molecule has 2 rings (SSSR count). The van der Waals surface area contributed by atoms with Crippen molar-refractivity contribution in [2.75, 3.05) is 51.7 Å². The van der Waals surface area contributed by atoms with E-state index < -0.39 is 5.60 Å². The number of nitrogens with zero attached hydrogens (tertiary/aromatic N) is 6. The van der Waals surface area contributed by atoms with E-state index in [4.69, 9.17) is 4.74 Å². The summed E-state index contributed by atoms with van der Waals surface area (Å²) in [6, 6.07) is 0. The monoisotopic (exact) mass is 426 g/mol. The molecule has 1 aromatic rings. The van der Waals surface area contributed by atoms with Gasteiger partial charge in [0.15, 0.2) is 11.6 Å². The molecule has 144 valence electrons. The highest BCUT2D eigenvalue weighted by Crippen LogP contribution is 2.26. The van der Waals surface area contributed by atoms with Gasteiger partial charge in [0.1, 0.15) is 10.2 Å². The Balaban J connectivity index is 2.04. The fraction of sp³-hybridized carbons (Fsp3) is 0.647. The van der Waals surface area contributed by atoms with E-state index >= 15 is 0 Å². The van der Waals surface area contributed by atoms with Crippen LogP contribution in [0.5, 0.6) is 0 Å². The Morgan fingerprint density at radius 2 is 2.00 bits per heavy atom. The summed E-state index contributed by atoms with van der Waals surface area (Å²) in [5.41, 5.74) is -0.486. The van der Waals surface area contributed by atoms with E-state index in [1.54, 1.807) is 11.1 Å². The summed E-state index contributed by atoms with van der Waals surface area (Å²) in [6.07, 6.45) is 3.21. The van der Waals surface area contributed by atoms with Gasteiger partial charge in [-0.2, -0.15) is 0 Å². The molecule has 1 fully saturated rings. The second-order valence-corrected chi connectivity index (χ2v) is 8.18. The van der Waals surface area contributed by atoms with Gasteiger partial charge in [0, 0.05) is 38.9 Å². The predicted molar refractivity (Wildman–Crippen MR) is 106 cm³/mol. The Bertz CT molecular complexity index is 651. The van der Waals surface area contributed by atoms with Gasteiger partial charge in [-0.05, 0) is 50.8 Å². The summed E-state index contributed by atoms with van der Waals surface area (Å²) in [5, 5.41) is 0. The first-order valence-corrected chi connectivity index (χ1v) is 9.37. The molecule has 0 unspecified atom stereocenters. The highest BCUT2D eigenvalue weighted by Gasteiger charge is 2.27. The third-order valence-electron chi connectivity index (χ3n) is 3.60. The maximum Gasteiger partial charge on any atom is 0.410 e. The van der Waals surface area contributed by atoms with Crippen molar-refractivity contribution in [2.45, 2.75) is 26.4 Å². The molecular weight excluding hydrogens is 400 g/mol. The second-order valence-electron chi connectivity index (χ2n) is 7.37. The van der Waals surface area contributed by atoms with Gasteiger partial charge in [0.05, 0.1) is 6.20 Å². The number of rotatable bonds is 4. The average molecular weight is 427 g/mol. The Morgan fingerprint density at radius 1 is 1.35 bits per heavy atom. The summed E-state index contributed by atoms with van der Waals surface area (Å²) in [7, 11) is 3.96. The van der Waals surface area contributed by atoms with Crippen LogP contribution in [0.2, 0.25) is 0 Å². The van der Waals surface area contributed by atoms with Crippen LogP contribution in [0.4, 0.5) is 16.4 Å². The first-order chi connectivity index (χ1) is 12.2. The molecule has 1 saturated heterocycles. The normalized spacial score (nSPS) is 15.8. The van der Waals surface area contributed by atoms with E-state index in [0.29, 0.717) is 36.6 Å². The average Bonchev–Trinajstić information content (AvgIpc) is 2.53. The summed E-state index contributed by atoms with van der Waals surface area (Å²) < 4.78 is 6.08. The van der Waals surface area contributed by atoms with Gasteiger partial charge in [-0.15, -0.1) is 0 Å². The SMILES string of the molecule is CN(C)CC=Nc1nc(Br)cnc1N1CCN(C(=O)OC(C)(C)C)CC1. The van der Waals surface area contributed by atoms with Gasteiger partial charge >= 0.3 is 6.09 Å². The van der Waals surface area contributed by atoms with Crippen LogP contribution in [-0.4, -0.2) is 84.5 Å². The number of anilines is 1. The molecule has 1 amide bonds. The zero-order valence-corrected chi connectivity index (χ0v) is 17.7. The molecule has 1 aromatic heterocycles. The molecule has 1 aliphatic rings. The molecule has 0 aromatic carbocycles. The summed E-state index contributed by atoms with van der Waals surface area (Å²) in [5.74, 6) is 1.30. The van der Waals surface area contributed by atoms with Gasteiger partial charge < -0.3 is 19.4 Å². The van der Waals surface area contributed by atoms with Gasteiger partial charge in [0.2, 0.25) is 0 Å². The maximum absolute atomic E-state index is 12.2. The fourth-order valence-corrected chi connectivity index (χ4v) is 2.65. The largest absolute Gasteiger partial charge is 0.444 e. The van der Waals surface area contributed by atoms with Crippen LogP contribution in [0.25, 0.3) is 0 Å². The number of ether oxygens (including phenoxy) is 1. The van der Waals surface area contributed by atoms with Crippen molar-refractivity contribution < 1.29 is 9.53 Å². The first kappa shape index (κ1) is 20.6. The minimum Gasteiger partial charge on any atom is -0.444 e. The van der Waals surface area contributed by atoms with E-state index in [-0.39, 0.29) is 6.09 Å². The lowest BCUT2D eigenvalue weighted by Crippen LogP contribution is -2.50. The Hall–Kier alpha value is -1.74. The van der Waals surface area contributed by atoms with E-state index in [2.05, 4.69) is 35.8 Å². The second kappa shape index (κ2) is 8.77. The Morgan fingerprint density at radius 3 is 2.58 bits per heavy atom. The van der Waals surface area contributed by atoms with E-state index in [1.165, 1.54) is 0 Å². The van der Waals surface area contributed by atoms with Gasteiger partial charge in [-0.25, -0.2) is 19.8 Å². The Labute approximate surface area is 163 Å². The molecule has 0 aliphatic carbocycles. The van der Waals surface area contributed by atoms with Crippen molar-refractivity contribution in [2.24, 2.45) is 4.99 Å². The fourth-order valence-electron chi connectivity index (χ4n) is 2.38. The van der Waals surface area contributed by atoms with Gasteiger partial charge in [0.25, 0.3) is 0 Å². The van der Waals surface area contributed by atoms with Crippen molar-refractivity contribution in [1.29, 1.82) is 0 Å². The molecule has 8 nitrogen and oxygen atoms in total. The lowest BCUT2D eigenvalue weighted by molar-refractivity contribution is 0.0240. The topological polar surface area (TPSA) is 74.2 Å². The quantitative estimate of drug-likeness (QED) is 0.688. The highest BCUT2D eigenvalue weighted by atomic mass is 79.9. The minimum absolute atomic E-state index is 0.275. The van der Waals surface area contributed by atoms with Crippen molar-refractivity contribution in [3.8, 4) is 0 Å². The van der Waals surface area contributed by atoms with Crippen LogP contribution in [0, 0.1) is 0 Å². The molecule has 0 radical (unpaired) electrons. The number of halogens is 1. The van der Waals surface area contributed by atoms with E-state index in [0.717, 1.165) is 12.4 Å². The number of aliphatic imine (C=N–C) groups is 1. The molecule has 9 heteroatoms. The highest BCUT2D eigenvalue weighted by molar-refractivity contribution is 9.10.